The minimum Gasteiger partial charge on any atom is -0.469 e. The van der Waals surface area contributed by atoms with Crippen LogP contribution in [-0.2, 0) is 20.9 Å². The summed E-state index contributed by atoms with van der Waals surface area (Å²) >= 11 is 0. The van der Waals surface area contributed by atoms with Gasteiger partial charge in [-0.15, -0.1) is 0 Å². The molecule has 0 bridgehead atoms. The van der Waals surface area contributed by atoms with Gasteiger partial charge in [0.15, 0.2) is 0 Å². The van der Waals surface area contributed by atoms with E-state index in [-0.39, 0.29) is 17.3 Å². The number of benzene rings is 1. The SMILES string of the molecule is COC(=O)[C@@H]1CC(C)(C)C[C@H](COCc2ccccc2)[C@@H]1O. The van der Waals surface area contributed by atoms with Crippen molar-refractivity contribution in [1.82, 2.24) is 0 Å². The molecule has 4 nitrogen and oxygen atoms in total. The average Bonchev–Trinajstić information content (AvgIpc) is 2.50. The van der Waals surface area contributed by atoms with Crippen molar-refractivity contribution in [3.8, 4) is 0 Å². The molecule has 0 spiro atoms. The zero-order valence-electron chi connectivity index (χ0n) is 13.6. The topological polar surface area (TPSA) is 55.8 Å². The maximum atomic E-state index is 11.9. The Morgan fingerprint density at radius 2 is 1.95 bits per heavy atom. The number of methoxy groups -OCH3 is 1. The molecule has 4 heteroatoms. The normalized spacial score (nSPS) is 27.4. The fraction of sp³-hybridized carbons (Fsp3) is 0.611. The lowest BCUT2D eigenvalue weighted by atomic mass is 9.66. The Hall–Kier alpha value is -1.39. The highest BCUT2D eigenvalue weighted by atomic mass is 16.5. The second kappa shape index (κ2) is 7.25. The highest BCUT2D eigenvalue weighted by Crippen LogP contribution is 2.42. The average molecular weight is 306 g/mol. The summed E-state index contributed by atoms with van der Waals surface area (Å²) in [5.74, 6) is -0.830. The first-order valence-electron chi connectivity index (χ1n) is 7.80. The standard InChI is InChI=1S/C18H26O4/c1-18(2)9-14(16(19)15(10-18)17(20)21-3)12-22-11-13-7-5-4-6-8-13/h4-8,14-16,19H,9-12H2,1-3H3/t14-,15-,16+/m1/s1. The van der Waals surface area contributed by atoms with Gasteiger partial charge in [-0.25, -0.2) is 0 Å². The van der Waals surface area contributed by atoms with E-state index < -0.39 is 12.0 Å². The van der Waals surface area contributed by atoms with Crippen LogP contribution >= 0.6 is 0 Å². The highest BCUT2D eigenvalue weighted by molar-refractivity contribution is 5.73. The molecule has 122 valence electrons. The Labute approximate surface area is 132 Å². The molecular formula is C18H26O4. The van der Waals surface area contributed by atoms with Crippen molar-refractivity contribution in [3.63, 3.8) is 0 Å². The van der Waals surface area contributed by atoms with Gasteiger partial charge in [0.2, 0.25) is 0 Å². The number of ether oxygens (including phenoxy) is 2. The molecule has 1 aromatic rings. The van der Waals surface area contributed by atoms with Crippen molar-refractivity contribution in [3.05, 3.63) is 35.9 Å². The quantitative estimate of drug-likeness (QED) is 0.850. The monoisotopic (exact) mass is 306 g/mol. The van der Waals surface area contributed by atoms with Crippen LogP contribution in [0.15, 0.2) is 30.3 Å². The lowest BCUT2D eigenvalue weighted by molar-refractivity contribution is -0.158. The molecule has 22 heavy (non-hydrogen) atoms. The van der Waals surface area contributed by atoms with Gasteiger partial charge in [-0.2, -0.15) is 0 Å². The van der Waals surface area contributed by atoms with Crippen LogP contribution in [0.5, 0.6) is 0 Å². The predicted molar refractivity (Wildman–Crippen MR) is 84.1 cm³/mol. The summed E-state index contributed by atoms with van der Waals surface area (Å²) in [7, 11) is 1.37. The third kappa shape index (κ3) is 4.31. The van der Waals surface area contributed by atoms with Gasteiger partial charge in [-0.1, -0.05) is 44.2 Å². The number of hydrogen-bond donors (Lipinski definition) is 1. The molecular weight excluding hydrogens is 280 g/mol. The fourth-order valence-corrected chi connectivity index (χ4v) is 3.39. The van der Waals surface area contributed by atoms with Gasteiger partial charge >= 0.3 is 5.97 Å². The van der Waals surface area contributed by atoms with Gasteiger partial charge in [-0.05, 0) is 23.8 Å². The van der Waals surface area contributed by atoms with E-state index in [9.17, 15) is 9.90 Å². The molecule has 1 saturated carbocycles. The molecule has 0 unspecified atom stereocenters. The number of aliphatic hydroxyl groups excluding tert-OH is 1. The molecule has 0 saturated heterocycles. The second-order valence-corrected chi connectivity index (χ2v) is 6.95. The third-order valence-electron chi connectivity index (χ3n) is 4.43. The van der Waals surface area contributed by atoms with Crippen LogP contribution < -0.4 is 0 Å². The van der Waals surface area contributed by atoms with Crippen LogP contribution in [-0.4, -0.2) is 30.9 Å². The number of rotatable bonds is 5. The molecule has 1 aliphatic rings. The summed E-state index contributed by atoms with van der Waals surface area (Å²) in [6, 6.07) is 9.95. The van der Waals surface area contributed by atoms with Crippen LogP contribution in [0.4, 0.5) is 0 Å². The van der Waals surface area contributed by atoms with E-state index in [1.54, 1.807) is 0 Å². The Bertz CT molecular complexity index is 483. The van der Waals surface area contributed by atoms with E-state index in [0.29, 0.717) is 19.6 Å². The maximum Gasteiger partial charge on any atom is 0.311 e. The minimum absolute atomic E-state index is 0.00113. The molecule has 0 radical (unpaired) electrons. The zero-order valence-corrected chi connectivity index (χ0v) is 13.6. The van der Waals surface area contributed by atoms with E-state index in [0.717, 1.165) is 12.0 Å². The molecule has 0 amide bonds. The number of hydrogen-bond acceptors (Lipinski definition) is 4. The van der Waals surface area contributed by atoms with Crippen LogP contribution in [0.3, 0.4) is 0 Å². The van der Waals surface area contributed by atoms with Crippen LogP contribution in [0.1, 0.15) is 32.3 Å². The van der Waals surface area contributed by atoms with E-state index >= 15 is 0 Å². The van der Waals surface area contributed by atoms with Gasteiger partial charge in [0.05, 0.1) is 32.3 Å². The minimum atomic E-state index is -0.698. The smallest absolute Gasteiger partial charge is 0.311 e. The van der Waals surface area contributed by atoms with Gasteiger partial charge in [-0.3, -0.25) is 4.79 Å². The Kier molecular flexibility index (Phi) is 5.59. The summed E-state index contributed by atoms with van der Waals surface area (Å²) in [5, 5.41) is 10.5. The summed E-state index contributed by atoms with van der Waals surface area (Å²) < 4.78 is 10.6. The van der Waals surface area contributed by atoms with Gasteiger partial charge in [0.25, 0.3) is 0 Å². The first-order chi connectivity index (χ1) is 10.4. The predicted octanol–water partition coefficient (Wildman–Crippen LogP) is 2.79. The second-order valence-electron chi connectivity index (χ2n) is 6.95. The van der Waals surface area contributed by atoms with Gasteiger partial charge < -0.3 is 14.6 Å². The van der Waals surface area contributed by atoms with E-state index in [1.165, 1.54) is 7.11 Å². The summed E-state index contributed by atoms with van der Waals surface area (Å²) in [5.41, 5.74) is 1.11. The van der Waals surface area contributed by atoms with Crippen molar-refractivity contribution >= 4 is 5.97 Å². The fourth-order valence-electron chi connectivity index (χ4n) is 3.39. The maximum absolute atomic E-state index is 11.9. The van der Waals surface area contributed by atoms with E-state index in [4.69, 9.17) is 9.47 Å². The number of carbonyl (C=O) groups excluding carboxylic acids is 1. The van der Waals surface area contributed by atoms with Crippen LogP contribution in [0, 0.1) is 17.3 Å². The molecule has 1 N–H and O–H groups in total. The van der Waals surface area contributed by atoms with Crippen molar-refractivity contribution in [1.29, 1.82) is 0 Å². The van der Waals surface area contributed by atoms with Crippen molar-refractivity contribution in [2.75, 3.05) is 13.7 Å². The number of aliphatic hydroxyl groups is 1. The highest BCUT2D eigenvalue weighted by Gasteiger charge is 2.44. The molecule has 0 aromatic heterocycles. The van der Waals surface area contributed by atoms with E-state index in [2.05, 4.69) is 13.8 Å². The third-order valence-corrected chi connectivity index (χ3v) is 4.43. The summed E-state index contributed by atoms with van der Waals surface area (Å²) in [4.78, 5) is 11.9. The Balaban J connectivity index is 1.94. The van der Waals surface area contributed by atoms with Crippen molar-refractivity contribution in [2.45, 2.75) is 39.4 Å². The van der Waals surface area contributed by atoms with Gasteiger partial charge in [0, 0.05) is 5.92 Å². The summed E-state index contributed by atoms with van der Waals surface area (Å²) in [6.07, 6.45) is 0.795. The van der Waals surface area contributed by atoms with E-state index in [1.807, 2.05) is 30.3 Å². The van der Waals surface area contributed by atoms with Crippen molar-refractivity contribution in [2.24, 2.45) is 17.3 Å². The molecule has 0 heterocycles. The van der Waals surface area contributed by atoms with Crippen LogP contribution in [0.2, 0.25) is 0 Å². The number of carbonyl (C=O) groups is 1. The molecule has 2 rings (SSSR count). The number of esters is 1. The summed E-state index contributed by atoms with van der Waals surface area (Å²) in [6.45, 7) is 5.22. The largest absolute Gasteiger partial charge is 0.469 e. The Morgan fingerprint density at radius 1 is 1.27 bits per heavy atom. The van der Waals surface area contributed by atoms with Gasteiger partial charge in [0.1, 0.15) is 0 Å². The molecule has 1 fully saturated rings. The Morgan fingerprint density at radius 3 is 2.59 bits per heavy atom. The van der Waals surface area contributed by atoms with Crippen LogP contribution in [0.25, 0.3) is 0 Å². The molecule has 3 atom stereocenters. The lowest BCUT2D eigenvalue weighted by Gasteiger charge is -2.42. The van der Waals surface area contributed by atoms with Crippen molar-refractivity contribution < 1.29 is 19.4 Å². The molecule has 1 aromatic carbocycles. The first kappa shape index (κ1) is 17.0. The molecule has 0 aliphatic heterocycles. The molecule has 1 aliphatic carbocycles. The zero-order chi connectivity index (χ0) is 16.2. The first-order valence-corrected chi connectivity index (χ1v) is 7.80. The lowest BCUT2D eigenvalue weighted by Crippen LogP contribution is -2.46.